The topological polar surface area (TPSA) is 36.0 Å². The van der Waals surface area contributed by atoms with Crippen LogP contribution in [0.15, 0.2) is 24.4 Å². The average molecular weight is 210 g/mol. The first-order chi connectivity index (χ1) is 6.83. The smallest absolute Gasteiger partial charge is 0.0531 e. The maximum absolute atomic E-state index is 8.74. The highest BCUT2D eigenvalue weighted by molar-refractivity contribution is 6.36. The summed E-state index contributed by atoms with van der Waals surface area (Å²) in [5.41, 5.74) is 2.16. The minimum atomic E-state index is 0.210. The molecule has 0 amide bonds. The lowest BCUT2D eigenvalue weighted by Crippen LogP contribution is -1.90. The number of hydrogen-bond donors (Lipinski definition) is 2. The van der Waals surface area contributed by atoms with Crippen LogP contribution >= 0.6 is 11.6 Å². The van der Waals surface area contributed by atoms with Gasteiger partial charge in [-0.1, -0.05) is 17.7 Å². The SMILES string of the molecule is OCCCc1ccc2[nH]ccc2c1Cl. The molecule has 1 heterocycles. The molecule has 0 saturated carbocycles. The van der Waals surface area contributed by atoms with E-state index in [2.05, 4.69) is 4.98 Å². The summed E-state index contributed by atoms with van der Waals surface area (Å²) in [7, 11) is 0. The highest BCUT2D eigenvalue weighted by Gasteiger charge is 2.05. The summed E-state index contributed by atoms with van der Waals surface area (Å²) >= 11 is 6.22. The second-order valence-electron chi connectivity index (χ2n) is 3.30. The van der Waals surface area contributed by atoms with E-state index in [4.69, 9.17) is 16.7 Å². The second-order valence-corrected chi connectivity index (χ2v) is 3.68. The van der Waals surface area contributed by atoms with Gasteiger partial charge >= 0.3 is 0 Å². The first kappa shape index (κ1) is 9.56. The van der Waals surface area contributed by atoms with Crippen molar-refractivity contribution >= 4 is 22.5 Å². The number of nitrogens with one attached hydrogen (secondary N) is 1. The maximum Gasteiger partial charge on any atom is 0.0531 e. The molecule has 0 unspecified atom stereocenters. The molecule has 74 valence electrons. The van der Waals surface area contributed by atoms with Gasteiger partial charge in [0.1, 0.15) is 0 Å². The van der Waals surface area contributed by atoms with Gasteiger partial charge in [-0.2, -0.15) is 0 Å². The fourth-order valence-electron chi connectivity index (χ4n) is 1.60. The summed E-state index contributed by atoms with van der Waals surface area (Å²) in [5.74, 6) is 0. The van der Waals surface area contributed by atoms with Crippen LogP contribution in [-0.4, -0.2) is 16.7 Å². The number of H-pyrrole nitrogens is 1. The summed E-state index contributed by atoms with van der Waals surface area (Å²) in [6.07, 6.45) is 3.47. The molecule has 2 rings (SSSR count). The van der Waals surface area contributed by atoms with Gasteiger partial charge in [0, 0.05) is 23.7 Å². The minimum Gasteiger partial charge on any atom is -0.396 e. The summed E-state index contributed by atoms with van der Waals surface area (Å²) in [6, 6.07) is 6.00. The summed E-state index contributed by atoms with van der Waals surface area (Å²) in [4.78, 5) is 3.11. The summed E-state index contributed by atoms with van der Waals surface area (Å²) in [5, 5.41) is 10.6. The predicted molar refractivity (Wildman–Crippen MR) is 58.7 cm³/mol. The third-order valence-electron chi connectivity index (χ3n) is 2.35. The fourth-order valence-corrected chi connectivity index (χ4v) is 1.93. The Morgan fingerprint density at radius 2 is 2.14 bits per heavy atom. The molecule has 0 atom stereocenters. The molecule has 0 aliphatic carbocycles. The Balaban J connectivity index is 2.40. The van der Waals surface area contributed by atoms with Gasteiger partial charge in [0.25, 0.3) is 0 Å². The van der Waals surface area contributed by atoms with Crippen LogP contribution in [0.3, 0.4) is 0 Å². The second kappa shape index (κ2) is 4.03. The third-order valence-corrected chi connectivity index (χ3v) is 2.80. The number of aromatic nitrogens is 1. The van der Waals surface area contributed by atoms with Gasteiger partial charge in [-0.15, -0.1) is 0 Å². The Labute approximate surface area is 87.5 Å². The fraction of sp³-hybridized carbons (Fsp3) is 0.273. The van der Waals surface area contributed by atoms with Crippen molar-refractivity contribution in [2.75, 3.05) is 6.61 Å². The number of aryl methyl sites for hydroxylation is 1. The van der Waals surface area contributed by atoms with Crippen molar-refractivity contribution in [2.24, 2.45) is 0 Å². The molecule has 3 heteroatoms. The number of aliphatic hydroxyl groups is 1. The number of benzene rings is 1. The molecule has 1 aromatic heterocycles. The van der Waals surface area contributed by atoms with Gasteiger partial charge in [-0.3, -0.25) is 0 Å². The van der Waals surface area contributed by atoms with Gasteiger partial charge in [0.2, 0.25) is 0 Å². The average Bonchev–Trinajstić information content (AvgIpc) is 2.66. The van der Waals surface area contributed by atoms with E-state index in [9.17, 15) is 0 Å². The van der Waals surface area contributed by atoms with Crippen molar-refractivity contribution in [1.29, 1.82) is 0 Å². The van der Waals surface area contributed by atoms with Gasteiger partial charge < -0.3 is 10.1 Å². The van der Waals surface area contributed by atoms with E-state index in [-0.39, 0.29) is 6.61 Å². The molecule has 2 nitrogen and oxygen atoms in total. The van der Waals surface area contributed by atoms with E-state index in [1.54, 1.807) is 0 Å². The largest absolute Gasteiger partial charge is 0.396 e. The van der Waals surface area contributed by atoms with Crippen molar-refractivity contribution in [1.82, 2.24) is 4.98 Å². The zero-order valence-corrected chi connectivity index (χ0v) is 8.51. The van der Waals surface area contributed by atoms with E-state index in [1.165, 1.54) is 0 Å². The van der Waals surface area contributed by atoms with Crippen LogP contribution in [-0.2, 0) is 6.42 Å². The number of rotatable bonds is 3. The van der Waals surface area contributed by atoms with E-state index < -0.39 is 0 Å². The Hall–Kier alpha value is -0.990. The molecule has 0 aliphatic rings. The number of aromatic amines is 1. The highest BCUT2D eigenvalue weighted by Crippen LogP contribution is 2.27. The monoisotopic (exact) mass is 209 g/mol. The first-order valence-corrected chi connectivity index (χ1v) is 5.06. The Bertz CT molecular complexity index is 436. The van der Waals surface area contributed by atoms with E-state index in [1.807, 2.05) is 24.4 Å². The molecular formula is C11H12ClNO. The highest BCUT2D eigenvalue weighted by atomic mass is 35.5. The van der Waals surface area contributed by atoms with Crippen LogP contribution in [0.4, 0.5) is 0 Å². The van der Waals surface area contributed by atoms with Crippen LogP contribution in [0.25, 0.3) is 10.9 Å². The predicted octanol–water partition coefficient (Wildman–Crippen LogP) is 2.75. The summed E-state index contributed by atoms with van der Waals surface area (Å²) in [6.45, 7) is 0.210. The molecule has 0 fully saturated rings. The van der Waals surface area contributed by atoms with E-state index in [0.717, 1.165) is 34.3 Å². The number of aliphatic hydroxyl groups excluding tert-OH is 1. The van der Waals surface area contributed by atoms with E-state index in [0.29, 0.717) is 0 Å². The zero-order chi connectivity index (χ0) is 9.97. The molecule has 2 aromatic rings. The summed E-state index contributed by atoms with van der Waals surface area (Å²) < 4.78 is 0. The molecule has 1 aromatic carbocycles. The molecule has 2 N–H and O–H groups in total. The third kappa shape index (κ3) is 1.63. The molecule has 14 heavy (non-hydrogen) atoms. The van der Waals surface area contributed by atoms with Crippen molar-refractivity contribution in [3.8, 4) is 0 Å². The van der Waals surface area contributed by atoms with Crippen LogP contribution in [0, 0.1) is 0 Å². The Morgan fingerprint density at radius 3 is 2.93 bits per heavy atom. The van der Waals surface area contributed by atoms with Crippen molar-refractivity contribution in [3.63, 3.8) is 0 Å². The maximum atomic E-state index is 8.74. The zero-order valence-electron chi connectivity index (χ0n) is 7.76. The number of fused-ring (bicyclic) bond motifs is 1. The molecule has 0 bridgehead atoms. The van der Waals surface area contributed by atoms with Crippen LogP contribution in [0.2, 0.25) is 5.02 Å². The minimum absolute atomic E-state index is 0.210. The number of hydrogen-bond acceptors (Lipinski definition) is 1. The van der Waals surface area contributed by atoms with E-state index >= 15 is 0 Å². The lowest BCUT2D eigenvalue weighted by molar-refractivity contribution is 0.288. The Kier molecular flexibility index (Phi) is 2.75. The quantitative estimate of drug-likeness (QED) is 0.801. The van der Waals surface area contributed by atoms with Crippen LogP contribution < -0.4 is 0 Å². The van der Waals surface area contributed by atoms with Crippen LogP contribution in [0.5, 0.6) is 0 Å². The lowest BCUT2D eigenvalue weighted by Gasteiger charge is -2.03. The molecule has 0 saturated heterocycles. The van der Waals surface area contributed by atoms with Crippen molar-refractivity contribution in [2.45, 2.75) is 12.8 Å². The Morgan fingerprint density at radius 1 is 1.29 bits per heavy atom. The number of halogens is 1. The molecule has 0 spiro atoms. The standard InChI is InChI=1S/C11H12ClNO/c12-11-8(2-1-7-14)3-4-10-9(11)5-6-13-10/h3-6,13-14H,1-2,7H2. The van der Waals surface area contributed by atoms with Gasteiger partial charge in [-0.05, 0) is 30.5 Å². The lowest BCUT2D eigenvalue weighted by atomic mass is 10.1. The van der Waals surface area contributed by atoms with Crippen LogP contribution in [0.1, 0.15) is 12.0 Å². The molecule has 0 radical (unpaired) electrons. The van der Waals surface area contributed by atoms with Gasteiger partial charge in [-0.25, -0.2) is 0 Å². The first-order valence-electron chi connectivity index (χ1n) is 4.68. The van der Waals surface area contributed by atoms with Gasteiger partial charge in [0.05, 0.1) is 5.02 Å². The van der Waals surface area contributed by atoms with Crippen molar-refractivity contribution in [3.05, 3.63) is 35.0 Å². The normalized spacial score (nSPS) is 11.0. The van der Waals surface area contributed by atoms with Crippen molar-refractivity contribution < 1.29 is 5.11 Å². The molecule has 0 aliphatic heterocycles. The van der Waals surface area contributed by atoms with Gasteiger partial charge in [0.15, 0.2) is 0 Å². The molecular weight excluding hydrogens is 198 g/mol.